The maximum atomic E-state index is 5.68. The number of hydrogen-bond acceptors (Lipinski definition) is 7. The van der Waals surface area contributed by atoms with Gasteiger partial charge in [-0.25, -0.2) is 9.35 Å². The molecule has 15 heavy (non-hydrogen) atoms. The van der Waals surface area contributed by atoms with Crippen molar-refractivity contribution in [1.29, 1.82) is 0 Å². The Morgan fingerprint density at radius 1 is 0.867 bits per heavy atom. The molecule has 0 atom stereocenters. The van der Waals surface area contributed by atoms with Crippen LogP contribution in [0.15, 0.2) is 10.3 Å². The molecule has 0 unspecified atom stereocenters. The fourth-order valence-corrected chi connectivity index (χ4v) is 1.71. The lowest BCUT2D eigenvalue weighted by molar-refractivity contribution is 0.794. The number of rotatable bonds is 2. The summed E-state index contributed by atoms with van der Waals surface area (Å²) in [7, 11) is 0. The lowest BCUT2D eigenvalue weighted by Gasteiger charge is -2.00. The molecule has 2 rings (SSSR count). The van der Waals surface area contributed by atoms with E-state index in [-0.39, 0.29) is 0 Å². The SMILES string of the molecule is Cc1nnc(Sc2nnc(C)n2N)n1N. The maximum absolute atomic E-state index is 5.68. The number of hydrogen-bond donors (Lipinski definition) is 2. The highest BCUT2D eigenvalue weighted by Crippen LogP contribution is 2.22. The molecule has 80 valence electrons. The van der Waals surface area contributed by atoms with E-state index in [9.17, 15) is 0 Å². The van der Waals surface area contributed by atoms with Crippen LogP contribution in [0.3, 0.4) is 0 Å². The van der Waals surface area contributed by atoms with Crippen LogP contribution < -0.4 is 11.7 Å². The van der Waals surface area contributed by atoms with Crippen molar-refractivity contribution in [3.8, 4) is 0 Å². The second kappa shape index (κ2) is 3.42. The highest BCUT2D eigenvalue weighted by Gasteiger charge is 2.13. The van der Waals surface area contributed by atoms with Gasteiger partial charge in [-0.3, -0.25) is 0 Å². The Kier molecular flexibility index (Phi) is 2.23. The van der Waals surface area contributed by atoms with Crippen molar-refractivity contribution in [2.45, 2.75) is 24.2 Å². The highest BCUT2D eigenvalue weighted by molar-refractivity contribution is 7.99. The first-order chi connectivity index (χ1) is 7.09. The minimum atomic E-state index is 0.520. The van der Waals surface area contributed by atoms with Crippen molar-refractivity contribution in [1.82, 2.24) is 29.7 Å². The van der Waals surface area contributed by atoms with E-state index < -0.39 is 0 Å². The van der Waals surface area contributed by atoms with Gasteiger partial charge in [-0.2, -0.15) is 0 Å². The molecule has 8 nitrogen and oxygen atoms in total. The molecule has 2 aromatic rings. The van der Waals surface area contributed by atoms with Gasteiger partial charge in [0, 0.05) is 0 Å². The van der Waals surface area contributed by atoms with Gasteiger partial charge in [-0.1, -0.05) is 0 Å². The first-order valence-corrected chi connectivity index (χ1v) is 4.93. The molecule has 0 radical (unpaired) electrons. The zero-order valence-electron chi connectivity index (χ0n) is 8.25. The summed E-state index contributed by atoms with van der Waals surface area (Å²) < 4.78 is 2.74. The van der Waals surface area contributed by atoms with Crippen LogP contribution >= 0.6 is 11.8 Å². The summed E-state index contributed by atoms with van der Waals surface area (Å²) in [6.07, 6.45) is 0. The smallest absolute Gasteiger partial charge is 0.217 e. The normalized spacial score (nSPS) is 10.8. The van der Waals surface area contributed by atoms with Crippen LogP contribution in [0.1, 0.15) is 11.6 Å². The number of aromatic nitrogens is 6. The Hall–Kier alpha value is -1.77. The fourth-order valence-electron chi connectivity index (χ4n) is 0.921. The molecule has 0 aliphatic rings. The second-order valence-corrected chi connectivity index (χ2v) is 3.84. The molecule has 0 saturated heterocycles. The summed E-state index contributed by atoms with van der Waals surface area (Å²) in [5.41, 5.74) is 0. The third-order valence-corrected chi connectivity index (χ3v) is 2.77. The van der Waals surface area contributed by atoms with Crippen molar-refractivity contribution in [2.24, 2.45) is 0 Å². The van der Waals surface area contributed by atoms with Crippen molar-refractivity contribution in [3.63, 3.8) is 0 Å². The van der Waals surface area contributed by atoms with Gasteiger partial charge in [0.2, 0.25) is 10.3 Å². The van der Waals surface area contributed by atoms with E-state index >= 15 is 0 Å². The molecule has 9 heteroatoms. The van der Waals surface area contributed by atoms with Crippen LogP contribution in [0.25, 0.3) is 0 Å². The predicted octanol–water partition coefficient (Wildman–Crippen LogP) is -0.935. The zero-order chi connectivity index (χ0) is 11.0. The Morgan fingerprint density at radius 2 is 1.27 bits per heavy atom. The van der Waals surface area contributed by atoms with Gasteiger partial charge in [0.1, 0.15) is 11.6 Å². The van der Waals surface area contributed by atoms with Gasteiger partial charge in [0.05, 0.1) is 0 Å². The van der Waals surface area contributed by atoms with Crippen molar-refractivity contribution in [2.75, 3.05) is 11.7 Å². The van der Waals surface area contributed by atoms with Gasteiger partial charge >= 0.3 is 0 Å². The molecule has 2 heterocycles. The number of nitrogens with zero attached hydrogens (tertiary/aromatic N) is 6. The molecular formula is C6H10N8S. The van der Waals surface area contributed by atoms with Gasteiger partial charge in [-0.05, 0) is 25.6 Å². The Labute approximate surface area is 89.6 Å². The van der Waals surface area contributed by atoms with Crippen LogP contribution in [0.5, 0.6) is 0 Å². The molecule has 2 aromatic heterocycles. The monoisotopic (exact) mass is 226 g/mol. The maximum Gasteiger partial charge on any atom is 0.217 e. The summed E-state index contributed by atoms with van der Waals surface area (Å²) in [4.78, 5) is 0. The molecule has 0 fully saturated rings. The molecule has 0 aromatic carbocycles. The molecule has 0 aliphatic carbocycles. The zero-order valence-corrected chi connectivity index (χ0v) is 9.06. The van der Waals surface area contributed by atoms with E-state index in [1.165, 1.54) is 21.1 Å². The van der Waals surface area contributed by atoms with Gasteiger partial charge in [-0.15, -0.1) is 20.4 Å². The van der Waals surface area contributed by atoms with Crippen molar-refractivity contribution in [3.05, 3.63) is 11.6 Å². The highest BCUT2D eigenvalue weighted by atomic mass is 32.2. The minimum absolute atomic E-state index is 0.520. The van der Waals surface area contributed by atoms with Crippen LogP contribution in [-0.4, -0.2) is 29.7 Å². The average molecular weight is 226 g/mol. The third-order valence-electron chi connectivity index (χ3n) is 1.85. The van der Waals surface area contributed by atoms with Crippen LogP contribution in [-0.2, 0) is 0 Å². The molecule has 0 spiro atoms. The summed E-state index contributed by atoms with van der Waals surface area (Å²) in [6.45, 7) is 3.52. The van der Waals surface area contributed by atoms with E-state index in [0.717, 1.165) is 0 Å². The minimum Gasteiger partial charge on any atom is -0.336 e. The van der Waals surface area contributed by atoms with E-state index in [1.807, 2.05) is 0 Å². The summed E-state index contributed by atoms with van der Waals surface area (Å²) in [5, 5.41) is 16.4. The summed E-state index contributed by atoms with van der Waals surface area (Å²) in [6, 6.07) is 0. The first-order valence-electron chi connectivity index (χ1n) is 4.11. The van der Waals surface area contributed by atoms with Crippen LogP contribution in [0.2, 0.25) is 0 Å². The predicted molar refractivity (Wildman–Crippen MR) is 53.9 cm³/mol. The van der Waals surface area contributed by atoms with Crippen molar-refractivity contribution >= 4 is 11.8 Å². The fraction of sp³-hybridized carbons (Fsp3) is 0.333. The van der Waals surface area contributed by atoms with Crippen LogP contribution in [0.4, 0.5) is 0 Å². The largest absolute Gasteiger partial charge is 0.336 e. The lowest BCUT2D eigenvalue weighted by atomic mass is 10.7. The molecule has 0 bridgehead atoms. The summed E-state index contributed by atoms with van der Waals surface area (Å²) >= 11 is 1.21. The average Bonchev–Trinajstić information content (AvgIpc) is 2.68. The number of nitrogen functional groups attached to an aromatic ring is 2. The second-order valence-electron chi connectivity index (χ2n) is 2.90. The molecule has 0 saturated carbocycles. The Bertz CT molecular complexity index is 441. The summed E-state index contributed by atoms with van der Waals surface area (Å²) in [5.74, 6) is 12.6. The molecular weight excluding hydrogens is 216 g/mol. The van der Waals surface area contributed by atoms with Gasteiger partial charge < -0.3 is 11.7 Å². The third kappa shape index (κ3) is 1.61. The number of nitrogens with two attached hydrogens (primary N) is 2. The molecule has 0 amide bonds. The Balaban J connectivity index is 2.29. The Morgan fingerprint density at radius 3 is 1.53 bits per heavy atom. The molecule has 0 aliphatic heterocycles. The topological polar surface area (TPSA) is 113 Å². The molecule has 4 N–H and O–H groups in total. The van der Waals surface area contributed by atoms with E-state index in [1.54, 1.807) is 13.8 Å². The van der Waals surface area contributed by atoms with E-state index in [0.29, 0.717) is 22.0 Å². The van der Waals surface area contributed by atoms with E-state index in [2.05, 4.69) is 20.4 Å². The standard InChI is InChI=1S/C6H10N8S/c1-3-9-11-5(13(3)7)15-6-12-10-4(2)14(6)8/h7-8H2,1-2H3. The first kappa shape index (κ1) is 9.77. The number of aryl methyl sites for hydroxylation is 2. The van der Waals surface area contributed by atoms with Gasteiger partial charge in [0.15, 0.2) is 0 Å². The quantitative estimate of drug-likeness (QED) is 0.635. The van der Waals surface area contributed by atoms with Crippen LogP contribution in [0, 0.1) is 13.8 Å². The lowest BCUT2D eigenvalue weighted by Crippen LogP contribution is -2.14. The van der Waals surface area contributed by atoms with Gasteiger partial charge in [0.25, 0.3) is 0 Å². The van der Waals surface area contributed by atoms with Crippen molar-refractivity contribution < 1.29 is 0 Å². The van der Waals surface area contributed by atoms with E-state index in [4.69, 9.17) is 11.7 Å².